The lowest BCUT2D eigenvalue weighted by Crippen LogP contribution is -2.09. The molecule has 0 bridgehead atoms. The van der Waals surface area contributed by atoms with Gasteiger partial charge in [0.25, 0.3) is 0 Å². The van der Waals surface area contributed by atoms with E-state index in [0.717, 1.165) is 36.6 Å². The minimum absolute atomic E-state index is 0.513. The van der Waals surface area contributed by atoms with E-state index in [1.807, 2.05) is 36.4 Å². The number of rotatable bonds is 5. The number of aromatic nitrogens is 3. The zero-order chi connectivity index (χ0) is 17.1. The lowest BCUT2D eigenvalue weighted by molar-refractivity contribution is 0.406. The molecule has 1 aliphatic rings. The summed E-state index contributed by atoms with van der Waals surface area (Å²) in [5.41, 5.74) is 3.14. The van der Waals surface area contributed by atoms with Gasteiger partial charge >= 0.3 is 0 Å². The molecule has 1 saturated heterocycles. The van der Waals surface area contributed by atoms with Crippen LogP contribution in [0.25, 0.3) is 5.69 Å². The number of para-hydroxylation sites is 1. The Kier molecular flexibility index (Phi) is 4.35. The third-order valence-corrected chi connectivity index (χ3v) is 4.50. The molecule has 128 valence electrons. The molecule has 3 aromatic rings. The van der Waals surface area contributed by atoms with Crippen LogP contribution < -0.4 is 15.4 Å². The molecule has 4 rings (SSSR count). The van der Waals surface area contributed by atoms with Crippen molar-refractivity contribution in [2.45, 2.75) is 12.3 Å². The normalized spacial score (nSPS) is 16.8. The van der Waals surface area contributed by atoms with Crippen molar-refractivity contribution in [2.24, 2.45) is 0 Å². The van der Waals surface area contributed by atoms with Gasteiger partial charge in [0.1, 0.15) is 12.1 Å². The number of methoxy groups -OCH3 is 1. The molecule has 2 heterocycles. The highest BCUT2D eigenvalue weighted by Crippen LogP contribution is 2.33. The van der Waals surface area contributed by atoms with Crippen LogP contribution >= 0.6 is 0 Å². The van der Waals surface area contributed by atoms with Gasteiger partial charge in [-0.15, -0.1) is 5.10 Å². The minimum Gasteiger partial charge on any atom is -0.496 e. The van der Waals surface area contributed by atoms with Gasteiger partial charge in [0, 0.05) is 24.2 Å². The van der Waals surface area contributed by atoms with Crippen molar-refractivity contribution in [2.75, 3.05) is 25.5 Å². The molecule has 1 aliphatic heterocycles. The molecular weight excluding hydrogens is 314 g/mol. The van der Waals surface area contributed by atoms with E-state index in [1.54, 1.807) is 18.1 Å². The van der Waals surface area contributed by atoms with E-state index < -0.39 is 0 Å². The summed E-state index contributed by atoms with van der Waals surface area (Å²) in [5.74, 6) is 1.97. The number of nitrogens with one attached hydrogen (secondary N) is 2. The fourth-order valence-corrected chi connectivity index (χ4v) is 3.20. The molecule has 25 heavy (non-hydrogen) atoms. The molecule has 2 N–H and O–H groups in total. The van der Waals surface area contributed by atoms with E-state index in [9.17, 15) is 0 Å². The van der Waals surface area contributed by atoms with Crippen molar-refractivity contribution in [3.8, 4) is 11.4 Å². The third-order valence-electron chi connectivity index (χ3n) is 4.50. The Bertz CT molecular complexity index is 840. The number of nitrogens with zero attached hydrogens (tertiary/aromatic N) is 3. The summed E-state index contributed by atoms with van der Waals surface area (Å²) in [6.45, 7) is 2.07. The summed E-state index contributed by atoms with van der Waals surface area (Å²) in [6, 6.07) is 16.1. The molecule has 0 spiro atoms. The SMILES string of the molecule is COc1cc(Nc2ncn(-c3ccccc3)n2)ccc1C1CCNC1. The highest BCUT2D eigenvalue weighted by atomic mass is 16.5. The minimum atomic E-state index is 0.513. The Balaban J connectivity index is 1.54. The molecule has 0 aliphatic carbocycles. The van der Waals surface area contributed by atoms with Crippen LogP contribution in [0.4, 0.5) is 11.6 Å². The second-order valence-corrected chi connectivity index (χ2v) is 6.12. The van der Waals surface area contributed by atoms with Crippen LogP contribution in [0.5, 0.6) is 5.75 Å². The first-order chi connectivity index (χ1) is 12.3. The standard InChI is InChI=1S/C19H21N5O/c1-25-18-11-15(7-8-17(18)14-9-10-20-12-14)22-19-21-13-24(23-19)16-5-3-2-4-6-16/h2-8,11,13-14,20H,9-10,12H2,1H3,(H,22,23). The summed E-state index contributed by atoms with van der Waals surface area (Å²) in [5, 5.41) is 11.1. The Labute approximate surface area is 146 Å². The maximum Gasteiger partial charge on any atom is 0.246 e. The highest BCUT2D eigenvalue weighted by molar-refractivity contribution is 5.58. The largest absolute Gasteiger partial charge is 0.496 e. The van der Waals surface area contributed by atoms with Gasteiger partial charge in [-0.05, 0) is 36.7 Å². The van der Waals surface area contributed by atoms with E-state index in [0.29, 0.717) is 11.9 Å². The average molecular weight is 335 g/mol. The molecule has 2 aromatic carbocycles. The van der Waals surface area contributed by atoms with Crippen molar-refractivity contribution < 1.29 is 4.74 Å². The van der Waals surface area contributed by atoms with Gasteiger partial charge in [0.05, 0.1) is 12.8 Å². The van der Waals surface area contributed by atoms with E-state index in [1.165, 1.54) is 5.56 Å². The van der Waals surface area contributed by atoms with Crippen molar-refractivity contribution in [1.29, 1.82) is 0 Å². The lowest BCUT2D eigenvalue weighted by atomic mass is 9.97. The van der Waals surface area contributed by atoms with E-state index in [2.05, 4.69) is 32.8 Å². The molecule has 0 amide bonds. The van der Waals surface area contributed by atoms with Crippen molar-refractivity contribution >= 4 is 11.6 Å². The molecule has 0 radical (unpaired) electrons. The summed E-state index contributed by atoms with van der Waals surface area (Å²) in [4.78, 5) is 4.33. The predicted molar refractivity (Wildman–Crippen MR) is 97.9 cm³/mol. The zero-order valence-corrected chi connectivity index (χ0v) is 14.1. The van der Waals surface area contributed by atoms with Gasteiger partial charge in [-0.25, -0.2) is 4.68 Å². The van der Waals surface area contributed by atoms with Crippen LogP contribution in [0.2, 0.25) is 0 Å². The number of anilines is 2. The fourth-order valence-electron chi connectivity index (χ4n) is 3.20. The number of ether oxygens (including phenoxy) is 1. The molecule has 1 aromatic heterocycles. The van der Waals surface area contributed by atoms with Gasteiger partial charge in [-0.1, -0.05) is 24.3 Å². The summed E-state index contributed by atoms with van der Waals surface area (Å²) in [7, 11) is 1.72. The van der Waals surface area contributed by atoms with Crippen LogP contribution in [-0.2, 0) is 0 Å². The van der Waals surface area contributed by atoms with E-state index in [4.69, 9.17) is 4.74 Å². The topological polar surface area (TPSA) is 64.0 Å². The highest BCUT2D eigenvalue weighted by Gasteiger charge is 2.20. The van der Waals surface area contributed by atoms with E-state index in [-0.39, 0.29) is 0 Å². The maximum atomic E-state index is 5.60. The second-order valence-electron chi connectivity index (χ2n) is 6.12. The number of hydrogen-bond acceptors (Lipinski definition) is 5. The van der Waals surface area contributed by atoms with E-state index >= 15 is 0 Å². The zero-order valence-electron chi connectivity index (χ0n) is 14.1. The van der Waals surface area contributed by atoms with Crippen LogP contribution in [0, 0.1) is 0 Å². The summed E-state index contributed by atoms with van der Waals surface area (Å²) in [6.07, 6.45) is 2.85. The number of hydrogen-bond donors (Lipinski definition) is 2. The first kappa shape index (κ1) is 15.7. The predicted octanol–water partition coefficient (Wildman–Crippen LogP) is 3.10. The van der Waals surface area contributed by atoms with Crippen LogP contribution in [0.15, 0.2) is 54.9 Å². The van der Waals surface area contributed by atoms with Gasteiger partial charge in [-0.2, -0.15) is 4.98 Å². The van der Waals surface area contributed by atoms with Crippen LogP contribution in [0.1, 0.15) is 17.9 Å². The van der Waals surface area contributed by atoms with Crippen molar-refractivity contribution in [1.82, 2.24) is 20.1 Å². The summed E-state index contributed by atoms with van der Waals surface area (Å²) >= 11 is 0. The maximum absolute atomic E-state index is 5.60. The number of benzene rings is 2. The Morgan fingerprint density at radius 3 is 2.84 bits per heavy atom. The van der Waals surface area contributed by atoms with Gasteiger partial charge in [0.2, 0.25) is 5.95 Å². The lowest BCUT2D eigenvalue weighted by Gasteiger charge is -2.15. The quantitative estimate of drug-likeness (QED) is 0.750. The monoisotopic (exact) mass is 335 g/mol. The fraction of sp³-hybridized carbons (Fsp3) is 0.263. The smallest absolute Gasteiger partial charge is 0.246 e. The molecule has 1 atom stereocenters. The Hall–Kier alpha value is -2.86. The molecule has 6 heteroatoms. The van der Waals surface area contributed by atoms with Crippen LogP contribution in [0.3, 0.4) is 0 Å². The Morgan fingerprint density at radius 2 is 2.08 bits per heavy atom. The Morgan fingerprint density at radius 1 is 1.20 bits per heavy atom. The molecular formula is C19H21N5O. The molecule has 6 nitrogen and oxygen atoms in total. The first-order valence-corrected chi connectivity index (χ1v) is 8.46. The van der Waals surface area contributed by atoms with Crippen molar-refractivity contribution in [3.63, 3.8) is 0 Å². The average Bonchev–Trinajstić information content (AvgIpc) is 3.34. The summed E-state index contributed by atoms with van der Waals surface area (Å²) < 4.78 is 7.34. The molecule has 1 fully saturated rings. The van der Waals surface area contributed by atoms with Gasteiger partial charge < -0.3 is 15.4 Å². The van der Waals surface area contributed by atoms with Crippen molar-refractivity contribution in [3.05, 3.63) is 60.4 Å². The van der Waals surface area contributed by atoms with Crippen LogP contribution in [-0.4, -0.2) is 35.0 Å². The molecule has 1 unspecified atom stereocenters. The molecule has 0 saturated carbocycles. The first-order valence-electron chi connectivity index (χ1n) is 8.46. The van der Waals surface area contributed by atoms with Gasteiger partial charge in [-0.3, -0.25) is 0 Å². The second kappa shape index (κ2) is 6.94. The third kappa shape index (κ3) is 3.34. The van der Waals surface area contributed by atoms with Gasteiger partial charge in [0.15, 0.2) is 0 Å².